The minimum absolute atomic E-state index is 0.264. The Hall–Kier alpha value is -2.98. The molecule has 0 spiro atoms. The molecule has 0 radical (unpaired) electrons. The largest absolute Gasteiger partial charge is 0.462 e. The average molecular weight is 507 g/mol. The van der Waals surface area contributed by atoms with Crippen LogP contribution in [-0.4, -0.2) is 70.7 Å². The first-order chi connectivity index (χ1) is 16.8. The summed E-state index contributed by atoms with van der Waals surface area (Å²) in [6.45, 7) is 10.5. The number of aliphatic hydroxyl groups excluding tert-OH is 1. The average Bonchev–Trinajstić information content (AvgIpc) is 2.99. The molecule has 2 aliphatic carbocycles. The Morgan fingerprint density at radius 1 is 1.14 bits per heavy atom. The molecule has 10 nitrogen and oxygen atoms in total. The molecule has 0 aromatic carbocycles. The first kappa shape index (κ1) is 27.6. The van der Waals surface area contributed by atoms with Gasteiger partial charge in [-0.25, -0.2) is 0 Å². The van der Waals surface area contributed by atoms with Gasteiger partial charge in [0.1, 0.15) is 18.3 Å². The van der Waals surface area contributed by atoms with E-state index in [0.717, 1.165) is 0 Å². The van der Waals surface area contributed by atoms with Crippen molar-refractivity contribution in [3.63, 3.8) is 0 Å². The van der Waals surface area contributed by atoms with Gasteiger partial charge < -0.3 is 29.2 Å². The number of ether oxygens (including phenoxy) is 4. The Morgan fingerprint density at radius 2 is 1.75 bits per heavy atom. The minimum atomic E-state index is -2.08. The lowest BCUT2D eigenvalue weighted by molar-refractivity contribution is -0.214. The molecule has 0 amide bonds. The molecule has 8 atom stereocenters. The normalized spacial score (nSPS) is 38.1. The molecule has 1 aliphatic heterocycles. The first-order valence-electron chi connectivity index (χ1n) is 11.9. The quantitative estimate of drug-likeness (QED) is 0.327. The Morgan fingerprint density at radius 3 is 2.31 bits per heavy atom. The molecule has 1 saturated heterocycles. The van der Waals surface area contributed by atoms with Crippen LogP contribution >= 0.6 is 0 Å². The predicted molar refractivity (Wildman–Crippen MR) is 125 cm³/mol. The lowest BCUT2D eigenvalue weighted by Gasteiger charge is -2.54. The third-order valence-corrected chi connectivity index (χ3v) is 7.58. The zero-order chi connectivity index (χ0) is 27.0. The summed E-state index contributed by atoms with van der Waals surface area (Å²) in [5.74, 6) is -4.70. The summed E-state index contributed by atoms with van der Waals surface area (Å²) < 4.78 is 22.7. The van der Waals surface area contributed by atoms with Crippen LogP contribution in [0.1, 0.15) is 47.5 Å². The van der Waals surface area contributed by atoms with Gasteiger partial charge in [-0.05, 0) is 37.5 Å². The van der Waals surface area contributed by atoms with Gasteiger partial charge in [0, 0.05) is 26.7 Å². The van der Waals surface area contributed by atoms with Crippen molar-refractivity contribution >= 4 is 23.9 Å². The summed E-state index contributed by atoms with van der Waals surface area (Å²) in [4.78, 5) is 49.4. The highest BCUT2D eigenvalue weighted by molar-refractivity contribution is 5.78. The van der Waals surface area contributed by atoms with Crippen LogP contribution in [0.5, 0.6) is 0 Å². The van der Waals surface area contributed by atoms with Gasteiger partial charge in [0.2, 0.25) is 0 Å². The van der Waals surface area contributed by atoms with Gasteiger partial charge in [0.25, 0.3) is 0 Å². The fraction of sp³-hybridized carbons (Fsp3) is 0.615. The molecule has 36 heavy (non-hydrogen) atoms. The SMILES string of the molecule is C=C1CC[C@H](OC(C)=O)[C@]2(C)[C@@H](OC(C)=O)C=CC(CO)=C[C@@H]3OC(=O)[C@H](C)[C@@]3(O)[C@@H](OC(C)=O)[C@@H]12. The lowest BCUT2D eigenvalue weighted by Crippen LogP contribution is -2.65. The monoisotopic (exact) mass is 506 g/mol. The van der Waals surface area contributed by atoms with Crippen LogP contribution in [0, 0.1) is 17.3 Å². The van der Waals surface area contributed by atoms with Crippen LogP contribution in [0.3, 0.4) is 0 Å². The third kappa shape index (κ3) is 4.71. The van der Waals surface area contributed by atoms with E-state index >= 15 is 0 Å². The third-order valence-electron chi connectivity index (χ3n) is 7.58. The van der Waals surface area contributed by atoms with Gasteiger partial charge in [-0.3, -0.25) is 19.2 Å². The molecule has 1 heterocycles. The van der Waals surface area contributed by atoms with Gasteiger partial charge in [0.05, 0.1) is 17.9 Å². The molecular weight excluding hydrogens is 472 g/mol. The second kappa shape index (κ2) is 10.2. The smallest absolute Gasteiger partial charge is 0.312 e. The van der Waals surface area contributed by atoms with E-state index in [0.29, 0.717) is 18.4 Å². The van der Waals surface area contributed by atoms with E-state index in [9.17, 15) is 29.4 Å². The molecule has 10 heteroatoms. The number of carbonyl (C=O) groups is 4. The van der Waals surface area contributed by atoms with Crippen molar-refractivity contribution in [2.24, 2.45) is 17.3 Å². The number of fused-ring (bicyclic) bond motifs is 2. The highest BCUT2D eigenvalue weighted by Gasteiger charge is 2.67. The Kier molecular flexibility index (Phi) is 7.80. The van der Waals surface area contributed by atoms with Gasteiger partial charge in [-0.1, -0.05) is 25.2 Å². The van der Waals surface area contributed by atoms with Gasteiger partial charge >= 0.3 is 23.9 Å². The van der Waals surface area contributed by atoms with Crippen LogP contribution < -0.4 is 0 Å². The maximum Gasteiger partial charge on any atom is 0.312 e. The Labute approximate surface area is 209 Å². The van der Waals surface area contributed by atoms with E-state index in [4.69, 9.17) is 18.9 Å². The highest BCUT2D eigenvalue weighted by Crippen LogP contribution is 2.55. The summed E-state index contributed by atoms with van der Waals surface area (Å²) in [5.41, 5.74) is -2.56. The molecule has 2 N–H and O–H groups in total. The molecule has 0 aromatic rings. The van der Waals surface area contributed by atoms with Crippen molar-refractivity contribution < 1.29 is 48.3 Å². The molecule has 2 fully saturated rings. The summed E-state index contributed by atoms with van der Waals surface area (Å²) in [6.07, 6.45) is 0.551. The van der Waals surface area contributed by atoms with Gasteiger partial charge in [0.15, 0.2) is 11.7 Å². The summed E-state index contributed by atoms with van der Waals surface area (Å²) in [6, 6.07) is 0. The van der Waals surface area contributed by atoms with E-state index in [1.165, 1.54) is 39.8 Å². The van der Waals surface area contributed by atoms with Crippen molar-refractivity contribution in [3.05, 3.63) is 36.0 Å². The van der Waals surface area contributed by atoms with E-state index < -0.39 is 77.8 Å². The van der Waals surface area contributed by atoms with E-state index in [2.05, 4.69) is 6.58 Å². The lowest BCUT2D eigenvalue weighted by atomic mass is 9.55. The summed E-state index contributed by atoms with van der Waals surface area (Å²) >= 11 is 0. The second-order valence-electron chi connectivity index (χ2n) is 9.92. The molecule has 0 unspecified atom stereocenters. The van der Waals surface area contributed by atoms with Gasteiger partial charge in [-0.15, -0.1) is 0 Å². The number of esters is 4. The van der Waals surface area contributed by atoms with Gasteiger partial charge in [-0.2, -0.15) is 0 Å². The van der Waals surface area contributed by atoms with E-state index in [-0.39, 0.29) is 5.57 Å². The fourth-order valence-corrected chi connectivity index (χ4v) is 5.77. The predicted octanol–water partition coefficient (Wildman–Crippen LogP) is 1.54. The maximum atomic E-state index is 12.7. The molecular formula is C26H34O10. The van der Waals surface area contributed by atoms with Crippen molar-refractivity contribution in [1.29, 1.82) is 0 Å². The van der Waals surface area contributed by atoms with Crippen molar-refractivity contribution in [1.82, 2.24) is 0 Å². The van der Waals surface area contributed by atoms with Crippen molar-refractivity contribution in [2.45, 2.75) is 77.5 Å². The Balaban J connectivity index is 2.39. The number of hydrogen-bond acceptors (Lipinski definition) is 10. The topological polar surface area (TPSA) is 146 Å². The van der Waals surface area contributed by atoms with Crippen LogP contribution in [0.15, 0.2) is 36.0 Å². The number of aliphatic hydroxyl groups is 2. The highest BCUT2D eigenvalue weighted by atomic mass is 16.6. The summed E-state index contributed by atoms with van der Waals surface area (Å²) in [5, 5.41) is 22.1. The second-order valence-corrected chi connectivity index (χ2v) is 9.92. The molecule has 1 saturated carbocycles. The molecule has 0 bridgehead atoms. The maximum absolute atomic E-state index is 12.7. The standard InChI is InChI=1S/C26H34O10/c1-13-7-9-19(33-15(3)28)25(6)20(34-16(4)29)10-8-18(12-27)11-21-26(32,14(2)24(31)36-21)23(22(13)25)35-17(5)30/h8,10-11,14,19-23,27,32H,1,7,9,12H2,2-6H3/t14-,19-,20-,21-,22+,23-,25+,26-/m0/s1. The van der Waals surface area contributed by atoms with E-state index in [1.54, 1.807) is 13.0 Å². The van der Waals surface area contributed by atoms with Crippen LogP contribution in [0.2, 0.25) is 0 Å². The zero-order valence-electron chi connectivity index (χ0n) is 21.2. The minimum Gasteiger partial charge on any atom is -0.462 e. The number of rotatable bonds is 4. The molecule has 0 aromatic heterocycles. The number of hydrogen-bond donors (Lipinski definition) is 2. The van der Waals surface area contributed by atoms with Crippen LogP contribution in [0.25, 0.3) is 0 Å². The van der Waals surface area contributed by atoms with E-state index in [1.807, 2.05) is 0 Å². The zero-order valence-corrected chi connectivity index (χ0v) is 21.2. The molecule has 198 valence electrons. The van der Waals surface area contributed by atoms with Crippen LogP contribution in [-0.2, 0) is 38.1 Å². The van der Waals surface area contributed by atoms with Crippen molar-refractivity contribution in [2.75, 3.05) is 6.61 Å². The first-order valence-corrected chi connectivity index (χ1v) is 11.9. The van der Waals surface area contributed by atoms with Crippen molar-refractivity contribution in [3.8, 4) is 0 Å². The Bertz CT molecular complexity index is 1010. The van der Waals surface area contributed by atoms with Crippen LogP contribution in [0.4, 0.5) is 0 Å². The number of carbonyl (C=O) groups excluding carboxylic acids is 4. The fourth-order valence-electron chi connectivity index (χ4n) is 5.77. The molecule has 3 rings (SSSR count). The molecule has 3 aliphatic rings. The summed E-state index contributed by atoms with van der Waals surface area (Å²) in [7, 11) is 0.